The van der Waals surface area contributed by atoms with E-state index in [4.69, 9.17) is 9.47 Å². The zero-order valence-corrected chi connectivity index (χ0v) is 10.8. The summed E-state index contributed by atoms with van der Waals surface area (Å²) >= 11 is 0. The molecule has 1 fully saturated rings. The zero-order valence-electron chi connectivity index (χ0n) is 10.8. The molecule has 1 N–H and O–H groups in total. The molecule has 3 nitrogen and oxygen atoms in total. The number of ether oxygens (including phenoxy) is 2. The van der Waals surface area contributed by atoms with Crippen LogP contribution in [0, 0.1) is 5.41 Å². The predicted molar refractivity (Wildman–Crippen MR) is 69.6 cm³/mol. The molecular formula is C14H21NO2. The number of nitrogens with one attached hydrogen (secondary N) is 1. The van der Waals surface area contributed by atoms with Crippen molar-refractivity contribution in [1.29, 1.82) is 0 Å². The van der Waals surface area contributed by atoms with E-state index in [9.17, 15) is 0 Å². The Kier molecular flexibility index (Phi) is 3.57. The first-order valence-corrected chi connectivity index (χ1v) is 6.16. The van der Waals surface area contributed by atoms with Crippen LogP contribution in [0.25, 0.3) is 0 Å². The standard InChI is InChI=1S/C14H21NO2/c1-11(2)17-13-7-5-4-6-12(13)15-8-14(3)9-16-10-14/h4-7,11,15H,8-10H2,1-3H3. The van der Waals surface area contributed by atoms with E-state index < -0.39 is 0 Å². The highest BCUT2D eigenvalue weighted by atomic mass is 16.5. The molecule has 0 aromatic heterocycles. The van der Waals surface area contributed by atoms with Crippen LogP contribution < -0.4 is 10.1 Å². The van der Waals surface area contributed by atoms with Crippen LogP contribution in [0.2, 0.25) is 0 Å². The van der Waals surface area contributed by atoms with Crippen LogP contribution >= 0.6 is 0 Å². The van der Waals surface area contributed by atoms with E-state index >= 15 is 0 Å². The third-order valence-electron chi connectivity index (χ3n) is 2.86. The highest BCUT2D eigenvalue weighted by molar-refractivity contribution is 5.56. The van der Waals surface area contributed by atoms with Gasteiger partial charge in [-0.05, 0) is 26.0 Å². The van der Waals surface area contributed by atoms with Crippen molar-refractivity contribution >= 4 is 5.69 Å². The van der Waals surface area contributed by atoms with Gasteiger partial charge in [-0.3, -0.25) is 0 Å². The van der Waals surface area contributed by atoms with Gasteiger partial charge in [-0.15, -0.1) is 0 Å². The van der Waals surface area contributed by atoms with Crippen LogP contribution in [0.3, 0.4) is 0 Å². The predicted octanol–water partition coefficient (Wildman–Crippen LogP) is 2.92. The van der Waals surface area contributed by atoms with Crippen LogP contribution in [-0.4, -0.2) is 25.9 Å². The largest absolute Gasteiger partial charge is 0.489 e. The number of benzene rings is 1. The fourth-order valence-electron chi connectivity index (χ4n) is 1.83. The number of para-hydroxylation sites is 2. The van der Waals surface area contributed by atoms with Crippen molar-refractivity contribution in [3.05, 3.63) is 24.3 Å². The molecule has 17 heavy (non-hydrogen) atoms. The summed E-state index contributed by atoms with van der Waals surface area (Å²) in [6, 6.07) is 8.08. The number of rotatable bonds is 5. The topological polar surface area (TPSA) is 30.5 Å². The molecule has 2 rings (SSSR count). The van der Waals surface area contributed by atoms with E-state index in [-0.39, 0.29) is 11.5 Å². The zero-order chi connectivity index (χ0) is 12.3. The minimum atomic E-state index is 0.195. The van der Waals surface area contributed by atoms with Gasteiger partial charge in [0.15, 0.2) is 0 Å². The lowest BCUT2D eigenvalue weighted by Crippen LogP contribution is -2.45. The Hall–Kier alpha value is -1.22. The smallest absolute Gasteiger partial charge is 0.142 e. The summed E-state index contributed by atoms with van der Waals surface area (Å²) in [7, 11) is 0. The quantitative estimate of drug-likeness (QED) is 0.851. The molecule has 3 heteroatoms. The van der Waals surface area contributed by atoms with Gasteiger partial charge in [0.1, 0.15) is 5.75 Å². The molecule has 0 spiro atoms. The lowest BCUT2D eigenvalue weighted by molar-refractivity contribution is -0.0924. The molecule has 1 aromatic carbocycles. The van der Waals surface area contributed by atoms with Gasteiger partial charge < -0.3 is 14.8 Å². The first-order chi connectivity index (χ1) is 8.09. The van der Waals surface area contributed by atoms with E-state index in [1.165, 1.54) is 0 Å². The van der Waals surface area contributed by atoms with Gasteiger partial charge in [0.25, 0.3) is 0 Å². The Morgan fingerprint density at radius 2 is 2.06 bits per heavy atom. The molecule has 0 amide bonds. The first kappa shape index (κ1) is 12.2. The van der Waals surface area contributed by atoms with Gasteiger partial charge in [0.2, 0.25) is 0 Å². The third kappa shape index (κ3) is 3.13. The average molecular weight is 235 g/mol. The SMILES string of the molecule is CC(C)Oc1ccccc1NCC1(C)COC1. The fourth-order valence-corrected chi connectivity index (χ4v) is 1.83. The maximum Gasteiger partial charge on any atom is 0.142 e. The van der Waals surface area contributed by atoms with Crippen molar-refractivity contribution in [2.75, 3.05) is 25.1 Å². The molecule has 0 atom stereocenters. The van der Waals surface area contributed by atoms with Crippen LogP contribution in [0.5, 0.6) is 5.75 Å². The van der Waals surface area contributed by atoms with Crippen molar-refractivity contribution in [2.24, 2.45) is 5.41 Å². The van der Waals surface area contributed by atoms with Gasteiger partial charge in [0.05, 0.1) is 25.0 Å². The number of hydrogen-bond donors (Lipinski definition) is 1. The third-order valence-corrected chi connectivity index (χ3v) is 2.86. The van der Waals surface area contributed by atoms with Crippen molar-refractivity contribution in [1.82, 2.24) is 0 Å². The maximum atomic E-state index is 5.77. The second-order valence-electron chi connectivity index (χ2n) is 5.32. The van der Waals surface area contributed by atoms with Gasteiger partial charge >= 0.3 is 0 Å². The summed E-state index contributed by atoms with van der Waals surface area (Å²) in [6.07, 6.45) is 0.195. The molecule has 1 heterocycles. The lowest BCUT2D eigenvalue weighted by atomic mass is 9.88. The normalized spacial score (nSPS) is 17.6. The van der Waals surface area contributed by atoms with Crippen LogP contribution in [0.15, 0.2) is 24.3 Å². The molecule has 0 saturated carbocycles. The summed E-state index contributed by atoms with van der Waals surface area (Å²) in [4.78, 5) is 0. The molecule has 0 unspecified atom stereocenters. The van der Waals surface area contributed by atoms with Crippen LogP contribution in [0.1, 0.15) is 20.8 Å². The summed E-state index contributed by atoms with van der Waals surface area (Å²) < 4.78 is 11.0. The van der Waals surface area contributed by atoms with Crippen molar-refractivity contribution in [2.45, 2.75) is 26.9 Å². The Morgan fingerprint density at radius 1 is 1.35 bits per heavy atom. The Bertz CT molecular complexity index is 372. The van der Waals surface area contributed by atoms with E-state index in [0.29, 0.717) is 0 Å². The second-order valence-corrected chi connectivity index (χ2v) is 5.32. The molecule has 0 bridgehead atoms. The van der Waals surface area contributed by atoms with Gasteiger partial charge in [-0.1, -0.05) is 19.1 Å². The molecule has 0 radical (unpaired) electrons. The van der Waals surface area contributed by atoms with Gasteiger partial charge in [-0.25, -0.2) is 0 Å². The van der Waals surface area contributed by atoms with Crippen molar-refractivity contribution in [3.63, 3.8) is 0 Å². The van der Waals surface area contributed by atoms with Gasteiger partial charge in [-0.2, -0.15) is 0 Å². The van der Waals surface area contributed by atoms with Crippen LogP contribution in [0.4, 0.5) is 5.69 Å². The number of hydrogen-bond acceptors (Lipinski definition) is 3. The molecule has 1 aliphatic rings. The Labute approximate surface area is 103 Å². The molecule has 1 aliphatic heterocycles. The second kappa shape index (κ2) is 4.96. The molecule has 94 valence electrons. The molecular weight excluding hydrogens is 214 g/mol. The highest BCUT2D eigenvalue weighted by Gasteiger charge is 2.33. The molecule has 1 saturated heterocycles. The Balaban J connectivity index is 1.99. The van der Waals surface area contributed by atoms with Crippen LogP contribution in [-0.2, 0) is 4.74 Å². The number of anilines is 1. The van der Waals surface area contributed by atoms with E-state index in [1.807, 2.05) is 32.0 Å². The molecule has 1 aromatic rings. The van der Waals surface area contributed by atoms with Crippen molar-refractivity contribution in [3.8, 4) is 5.75 Å². The first-order valence-electron chi connectivity index (χ1n) is 6.16. The maximum absolute atomic E-state index is 5.77. The lowest BCUT2D eigenvalue weighted by Gasteiger charge is -2.38. The highest BCUT2D eigenvalue weighted by Crippen LogP contribution is 2.30. The van der Waals surface area contributed by atoms with E-state index in [0.717, 1.165) is 31.2 Å². The summed E-state index contributed by atoms with van der Waals surface area (Å²) in [5.41, 5.74) is 1.33. The average Bonchev–Trinajstić information content (AvgIpc) is 2.25. The summed E-state index contributed by atoms with van der Waals surface area (Å²) in [5, 5.41) is 3.46. The monoisotopic (exact) mass is 235 g/mol. The minimum absolute atomic E-state index is 0.195. The van der Waals surface area contributed by atoms with E-state index in [2.05, 4.69) is 18.3 Å². The minimum Gasteiger partial charge on any atom is -0.489 e. The van der Waals surface area contributed by atoms with E-state index in [1.54, 1.807) is 0 Å². The van der Waals surface area contributed by atoms with Crippen molar-refractivity contribution < 1.29 is 9.47 Å². The fraction of sp³-hybridized carbons (Fsp3) is 0.571. The Morgan fingerprint density at radius 3 is 2.65 bits per heavy atom. The molecule has 0 aliphatic carbocycles. The summed E-state index contributed by atoms with van der Waals surface area (Å²) in [5.74, 6) is 0.923. The summed E-state index contributed by atoms with van der Waals surface area (Å²) in [6.45, 7) is 8.91. The van der Waals surface area contributed by atoms with Gasteiger partial charge in [0, 0.05) is 12.0 Å².